The molecule has 16 nitrogen and oxygen atoms in total. The zero-order valence-corrected chi connectivity index (χ0v) is 84.2. The molecule has 4 saturated heterocycles. The van der Waals surface area contributed by atoms with Gasteiger partial charge in [0.15, 0.2) is 23.1 Å². The van der Waals surface area contributed by atoms with Crippen molar-refractivity contribution in [3.63, 3.8) is 0 Å². The zero-order valence-electron chi connectivity index (χ0n) is 84.2. The van der Waals surface area contributed by atoms with Gasteiger partial charge in [0, 0.05) is 58.2 Å². The van der Waals surface area contributed by atoms with Crippen LogP contribution in [0.15, 0.2) is 253 Å². The first kappa shape index (κ1) is 94.0. The number of hydrogen-bond donors (Lipinski definition) is 0. The zero-order chi connectivity index (χ0) is 98.1. The Bertz CT molecular complexity index is 6870. The van der Waals surface area contributed by atoms with Crippen molar-refractivity contribution in [2.45, 2.75) is 318 Å². The van der Waals surface area contributed by atoms with E-state index in [1.54, 1.807) is 36.4 Å². The third-order valence-electron chi connectivity index (χ3n) is 37.3. The maximum Gasteiger partial charge on any atom is 0.179 e. The Morgan fingerprint density at radius 3 is 0.924 bits per heavy atom. The number of benzene rings is 8. The second kappa shape index (κ2) is 35.9. The van der Waals surface area contributed by atoms with Crippen molar-refractivity contribution in [3.05, 3.63) is 355 Å². The van der Waals surface area contributed by atoms with Gasteiger partial charge in [-0.15, -0.1) is 0 Å². The maximum absolute atomic E-state index is 13.6. The van der Waals surface area contributed by atoms with Crippen molar-refractivity contribution in [2.75, 3.05) is 0 Å². The minimum Gasteiger partial charge on any atom is -0.343 e. The lowest BCUT2D eigenvalue weighted by Crippen LogP contribution is -2.54. The van der Waals surface area contributed by atoms with E-state index in [9.17, 15) is 17.6 Å². The summed E-state index contributed by atoms with van der Waals surface area (Å²) in [6, 6.07) is 64.6. The van der Waals surface area contributed by atoms with Crippen LogP contribution in [0.25, 0.3) is 47.1 Å². The molecular formula is C124H132F4N8O8. The Morgan fingerprint density at radius 1 is 0.278 bits per heavy atom. The Hall–Kier alpha value is -11.0. The molecule has 0 bridgehead atoms. The Labute approximate surface area is 843 Å². The Kier molecular flexibility index (Phi) is 23.5. The number of ether oxygens (including phenoxy) is 8. The summed E-state index contributed by atoms with van der Waals surface area (Å²) in [6.07, 6.45) is 47.7. The molecule has 4 spiro atoms. The summed E-state index contributed by atoms with van der Waals surface area (Å²) >= 11 is 0. The van der Waals surface area contributed by atoms with Crippen molar-refractivity contribution < 1.29 is 55.5 Å². The van der Waals surface area contributed by atoms with Gasteiger partial charge in [-0.25, -0.2) is 36.3 Å². The number of nitrogens with zero attached hydrogens (tertiary/aromatic N) is 8. The summed E-state index contributed by atoms with van der Waals surface area (Å²) < 4.78 is 119. The molecule has 12 aromatic rings. The van der Waals surface area contributed by atoms with Crippen LogP contribution in [0, 0.1) is 56.8 Å². The average Bonchev–Trinajstić information content (AvgIpc) is 1.27. The van der Waals surface area contributed by atoms with Gasteiger partial charge in [0.2, 0.25) is 0 Å². The summed E-state index contributed by atoms with van der Waals surface area (Å²) in [6.45, 7) is 18.6. The van der Waals surface area contributed by atoms with E-state index in [-0.39, 0.29) is 105 Å². The van der Waals surface area contributed by atoms with E-state index in [1.807, 2.05) is 67.8 Å². The highest BCUT2D eigenvalue weighted by Gasteiger charge is 2.70. The molecule has 744 valence electrons. The monoisotopic (exact) mass is 1940 g/mol. The predicted molar refractivity (Wildman–Crippen MR) is 549 cm³/mol. The highest BCUT2D eigenvalue weighted by Crippen LogP contribution is 2.68. The second-order valence-electron chi connectivity index (χ2n) is 46.3. The molecule has 144 heavy (non-hydrogen) atoms. The fourth-order valence-corrected chi connectivity index (χ4v) is 29.3. The van der Waals surface area contributed by atoms with Crippen LogP contribution in [-0.4, -0.2) is 92.8 Å². The molecule has 28 rings (SSSR count). The van der Waals surface area contributed by atoms with E-state index in [1.165, 1.54) is 174 Å². The largest absolute Gasteiger partial charge is 0.343 e. The van der Waals surface area contributed by atoms with Gasteiger partial charge in [-0.05, 0) is 304 Å². The fourth-order valence-electron chi connectivity index (χ4n) is 29.3. The quantitative estimate of drug-likeness (QED) is 0.134. The predicted octanol–water partition coefficient (Wildman–Crippen LogP) is 28.0. The second-order valence-corrected chi connectivity index (χ2v) is 46.3. The van der Waals surface area contributed by atoms with Crippen LogP contribution in [-0.2, 0) is 80.8 Å². The van der Waals surface area contributed by atoms with E-state index in [0.29, 0.717) is 11.8 Å². The highest BCUT2D eigenvalue weighted by molar-refractivity contribution is 5.67. The lowest BCUT2D eigenvalue weighted by atomic mass is 9.60. The lowest BCUT2D eigenvalue weighted by Gasteiger charge is -2.51. The fraction of sp³-hybridized carbons (Fsp3) is 0.452. The highest BCUT2D eigenvalue weighted by atomic mass is 19.1. The average molecular weight is 1940 g/mol. The normalized spacial score (nSPS) is 31.4. The van der Waals surface area contributed by atoms with Gasteiger partial charge in [-0.2, -0.15) is 20.4 Å². The number of aryl methyl sites for hydroxylation is 1. The Morgan fingerprint density at radius 2 is 0.576 bits per heavy atom. The molecule has 0 amide bonds. The molecule has 8 heterocycles. The maximum atomic E-state index is 13.6. The van der Waals surface area contributed by atoms with Gasteiger partial charge in [0.1, 0.15) is 41.6 Å². The van der Waals surface area contributed by atoms with Gasteiger partial charge >= 0.3 is 0 Å². The van der Waals surface area contributed by atoms with E-state index < -0.39 is 23.1 Å². The van der Waals surface area contributed by atoms with Crippen molar-refractivity contribution in [1.29, 1.82) is 0 Å². The third kappa shape index (κ3) is 15.3. The topological polar surface area (TPSA) is 145 Å². The van der Waals surface area contributed by atoms with Crippen LogP contribution in [0.3, 0.4) is 0 Å². The van der Waals surface area contributed by atoms with Crippen molar-refractivity contribution >= 4 is 24.3 Å². The molecule has 10 fully saturated rings. The molecule has 8 unspecified atom stereocenters. The minimum atomic E-state index is -0.742. The SMILES string of the molecule is CC1(C)c2ccccc2C(C)(C)C2OC3(CCCC4=Cc5c(cnn5-c5ccc(F)cc5)CC43C)OC21.CC12Cc3cnn(-c4ccc(F)cc4)c3C=C1CCCC21O[C@H](C2CCCCC2)[C@@H](C2CCCCC2)O1.CC12Cc3cnn(-c4ccc(F)cc4)c3C=C1CCCC21O[C@H](c2ccccc2)[C@H](c2ccccc2)O1.CC12Cc3cnn(-c4ccc(F)cc4)c3C=C1CCCC21O[C@H]2CCc3ccccc3[C@H]2O1. The van der Waals surface area contributed by atoms with Gasteiger partial charge in [0.05, 0.1) is 101 Å². The lowest BCUT2D eigenvalue weighted by molar-refractivity contribution is -0.253. The molecular weight excluding hydrogens is 1810 g/mol. The van der Waals surface area contributed by atoms with E-state index in [4.69, 9.17) is 53.2 Å². The van der Waals surface area contributed by atoms with Crippen LogP contribution in [0.5, 0.6) is 0 Å². The number of halogens is 4. The summed E-state index contributed by atoms with van der Waals surface area (Å²) in [5, 5.41) is 18.8. The first-order valence-corrected chi connectivity index (χ1v) is 53.6. The van der Waals surface area contributed by atoms with Crippen LogP contribution in [0.1, 0.15) is 300 Å². The molecule has 14 atom stereocenters. The standard InChI is InChI=1S/C32H35FN2O2.C32H41FN2O2.C32H29FN2O2.C28H27FN2O2/c1-29(2)24-10-6-7-11-25(24)30(3,4)28-27(29)36-32(37-28)16-8-9-21-17-26-20(18-31(21,32)5)19-34-35(26)23-14-12-22(33)13-15-23;2*1-31-20-24-21-34-35(27-16-14-26(33)15-17-27)28(24)19-25(31)13-8-18-32(31)36-29(22-9-4-2-5-10-22)30(37-32)23-11-6-3-7-12-23;1-27-16-19-17-30-31(22-11-9-21(29)10-12-22)24(19)15-20(27)6-4-14-28(27)32-25-13-8-18-5-2-3-7-23(18)26(25)33-28/h6-7,10-15,17,19,27-28H,8-9,16,18H2,1-5H3;14-17,19,21-23,29-30H,2-13,18,20H2,1H3;2-7,9-12,14-17,19,21,29-30H,8,13,18,20H2,1H3;2-3,5,7,9-12,15,17,25-26H,4,6,8,13-14,16H2,1H3/t;29-,30-,31?;29-,30+,31?,32?;25-,26+,27?,28?/m.1.0/s1. The summed E-state index contributed by atoms with van der Waals surface area (Å²) in [4.78, 5) is 0. The molecule has 0 radical (unpaired) electrons. The van der Waals surface area contributed by atoms with Crippen LogP contribution in [0.4, 0.5) is 17.6 Å². The van der Waals surface area contributed by atoms with Crippen molar-refractivity contribution in [2.24, 2.45) is 33.5 Å². The van der Waals surface area contributed by atoms with Crippen molar-refractivity contribution in [1.82, 2.24) is 39.1 Å². The summed E-state index contributed by atoms with van der Waals surface area (Å²) in [7, 11) is 0. The first-order chi connectivity index (χ1) is 69.8. The molecule has 12 aliphatic carbocycles. The molecule has 4 aliphatic heterocycles. The van der Waals surface area contributed by atoms with E-state index >= 15 is 0 Å². The molecule has 0 N–H and O–H groups in total. The molecule has 20 heteroatoms. The number of hydrogen-bond acceptors (Lipinski definition) is 12. The molecule has 16 aliphatic rings. The molecule has 6 saturated carbocycles. The van der Waals surface area contributed by atoms with Gasteiger partial charge in [-0.1, -0.05) is 225 Å². The Balaban J connectivity index is 0.000000101. The number of rotatable bonds is 8. The van der Waals surface area contributed by atoms with Crippen LogP contribution >= 0.6 is 0 Å². The summed E-state index contributed by atoms with van der Waals surface area (Å²) in [5.41, 5.74) is 24.4. The van der Waals surface area contributed by atoms with Gasteiger partial charge in [0.25, 0.3) is 0 Å². The molecule has 4 aromatic heterocycles. The first-order valence-electron chi connectivity index (χ1n) is 53.6. The van der Waals surface area contributed by atoms with Gasteiger partial charge < -0.3 is 37.9 Å². The van der Waals surface area contributed by atoms with Gasteiger partial charge in [-0.3, -0.25) is 0 Å². The third-order valence-corrected chi connectivity index (χ3v) is 37.3. The molecule has 8 aromatic carbocycles. The van der Waals surface area contributed by atoms with Crippen molar-refractivity contribution in [3.8, 4) is 22.7 Å². The van der Waals surface area contributed by atoms with Crippen LogP contribution in [0.2, 0.25) is 0 Å². The number of fused-ring (bicyclic) bond motifs is 17. The smallest absolute Gasteiger partial charge is 0.179 e. The summed E-state index contributed by atoms with van der Waals surface area (Å²) in [5.74, 6) is -2.25. The van der Waals surface area contributed by atoms with E-state index in [0.717, 1.165) is 178 Å². The van der Waals surface area contributed by atoms with E-state index in [2.05, 4.69) is 182 Å². The minimum absolute atomic E-state index is 0.00876. The number of aromatic nitrogens is 8. The van der Waals surface area contributed by atoms with Crippen LogP contribution < -0.4 is 0 Å².